The SMILES string of the molecule is COc1ccc(CCNC(=O)c2cc(C3CC3)n(C3CCS(=O)(=O)C3)n2)cc1OC. The molecule has 0 radical (unpaired) electrons. The van der Waals surface area contributed by atoms with Gasteiger partial charge in [0.2, 0.25) is 0 Å². The fourth-order valence-corrected chi connectivity index (χ4v) is 5.60. The maximum absolute atomic E-state index is 12.7. The van der Waals surface area contributed by atoms with Crippen molar-refractivity contribution in [2.24, 2.45) is 0 Å². The largest absolute Gasteiger partial charge is 0.493 e. The molecule has 30 heavy (non-hydrogen) atoms. The van der Waals surface area contributed by atoms with Crippen LogP contribution in [0.1, 0.15) is 53.0 Å². The second-order valence-electron chi connectivity index (χ2n) is 7.93. The van der Waals surface area contributed by atoms with Crippen LogP contribution in [0, 0.1) is 0 Å². The van der Waals surface area contributed by atoms with E-state index in [0.717, 1.165) is 24.1 Å². The monoisotopic (exact) mass is 433 g/mol. The van der Waals surface area contributed by atoms with Gasteiger partial charge < -0.3 is 14.8 Å². The Balaban J connectivity index is 1.41. The topological polar surface area (TPSA) is 99.5 Å². The molecular weight excluding hydrogens is 406 g/mol. The van der Waals surface area contributed by atoms with Crippen molar-refractivity contribution in [3.8, 4) is 11.5 Å². The highest BCUT2D eigenvalue weighted by Crippen LogP contribution is 2.42. The highest BCUT2D eigenvalue weighted by atomic mass is 32.2. The van der Waals surface area contributed by atoms with Crippen LogP contribution in [-0.4, -0.2) is 56.4 Å². The van der Waals surface area contributed by atoms with Crippen molar-refractivity contribution in [2.75, 3.05) is 32.3 Å². The summed E-state index contributed by atoms with van der Waals surface area (Å²) in [4.78, 5) is 12.7. The minimum absolute atomic E-state index is 0.106. The van der Waals surface area contributed by atoms with Crippen molar-refractivity contribution in [1.82, 2.24) is 15.1 Å². The second-order valence-corrected chi connectivity index (χ2v) is 10.2. The molecule has 1 aromatic carbocycles. The van der Waals surface area contributed by atoms with E-state index in [1.165, 1.54) is 0 Å². The summed E-state index contributed by atoms with van der Waals surface area (Å²) in [6, 6.07) is 7.34. The van der Waals surface area contributed by atoms with Gasteiger partial charge >= 0.3 is 0 Å². The van der Waals surface area contributed by atoms with Crippen molar-refractivity contribution < 1.29 is 22.7 Å². The summed E-state index contributed by atoms with van der Waals surface area (Å²) >= 11 is 0. The van der Waals surface area contributed by atoms with E-state index in [1.54, 1.807) is 18.9 Å². The van der Waals surface area contributed by atoms with Gasteiger partial charge in [0.15, 0.2) is 21.3 Å². The number of ether oxygens (including phenoxy) is 2. The van der Waals surface area contributed by atoms with Gasteiger partial charge in [0.1, 0.15) is 5.69 Å². The number of nitrogens with one attached hydrogen (secondary N) is 1. The molecule has 162 valence electrons. The third-order valence-electron chi connectivity index (χ3n) is 5.69. The number of hydrogen-bond acceptors (Lipinski definition) is 6. The Morgan fingerprint density at radius 1 is 1.17 bits per heavy atom. The third kappa shape index (κ3) is 4.45. The van der Waals surface area contributed by atoms with E-state index < -0.39 is 9.84 Å². The summed E-state index contributed by atoms with van der Waals surface area (Å²) in [7, 11) is 0.168. The third-order valence-corrected chi connectivity index (χ3v) is 7.44. The Labute approximate surface area is 176 Å². The molecule has 1 aliphatic carbocycles. The summed E-state index contributed by atoms with van der Waals surface area (Å²) in [5, 5.41) is 7.41. The van der Waals surface area contributed by atoms with E-state index in [1.807, 2.05) is 24.3 Å². The highest BCUT2D eigenvalue weighted by molar-refractivity contribution is 7.91. The number of rotatable bonds is 8. The first-order valence-corrected chi connectivity index (χ1v) is 12.0. The van der Waals surface area contributed by atoms with Gasteiger partial charge in [0, 0.05) is 18.2 Å². The molecule has 1 saturated heterocycles. The molecule has 2 heterocycles. The zero-order chi connectivity index (χ0) is 21.3. The average molecular weight is 434 g/mol. The maximum atomic E-state index is 12.7. The summed E-state index contributed by atoms with van der Waals surface area (Å²) in [5.74, 6) is 1.76. The first-order chi connectivity index (χ1) is 14.4. The molecule has 2 fully saturated rings. The molecule has 1 amide bonds. The van der Waals surface area contributed by atoms with Crippen LogP contribution in [0.15, 0.2) is 24.3 Å². The van der Waals surface area contributed by atoms with Crippen LogP contribution in [0.4, 0.5) is 0 Å². The number of benzene rings is 1. The quantitative estimate of drug-likeness (QED) is 0.685. The van der Waals surface area contributed by atoms with Crippen LogP contribution in [-0.2, 0) is 16.3 Å². The van der Waals surface area contributed by atoms with Gasteiger partial charge in [-0.2, -0.15) is 5.10 Å². The molecular formula is C21H27N3O5S. The zero-order valence-corrected chi connectivity index (χ0v) is 18.1. The predicted octanol–water partition coefficient (Wildman–Crippen LogP) is 2.11. The Kier molecular flexibility index (Phi) is 5.73. The first-order valence-electron chi connectivity index (χ1n) is 10.2. The number of carbonyl (C=O) groups excluding carboxylic acids is 1. The number of aromatic nitrogens is 2. The van der Waals surface area contributed by atoms with E-state index in [2.05, 4.69) is 10.4 Å². The summed E-state index contributed by atoms with van der Waals surface area (Å²) in [6.07, 6.45) is 3.32. The predicted molar refractivity (Wildman–Crippen MR) is 112 cm³/mol. The average Bonchev–Trinajstić information content (AvgIpc) is 3.37. The van der Waals surface area contributed by atoms with Gasteiger partial charge in [-0.25, -0.2) is 8.42 Å². The Hall–Kier alpha value is -2.55. The molecule has 2 aromatic rings. The fourth-order valence-electron chi connectivity index (χ4n) is 3.91. The van der Waals surface area contributed by atoms with Gasteiger partial charge in [0.05, 0.1) is 31.8 Å². The van der Waals surface area contributed by atoms with Crippen molar-refractivity contribution in [3.63, 3.8) is 0 Å². The number of carbonyl (C=O) groups is 1. The minimum Gasteiger partial charge on any atom is -0.493 e. The number of nitrogens with zero attached hydrogens (tertiary/aromatic N) is 2. The van der Waals surface area contributed by atoms with Gasteiger partial charge in [-0.1, -0.05) is 6.07 Å². The molecule has 0 spiro atoms. The van der Waals surface area contributed by atoms with Crippen LogP contribution < -0.4 is 14.8 Å². The molecule has 1 unspecified atom stereocenters. The van der Waals surface area contributed by atoms with Gasteiger partial charge in [-0.05, 0) is 49.4 Å². The number of amides is 1. The van der Waals surface area contributed by atoms with E-state index in [-0.39, 0.29) is 23.5 Å². The second kappa shape index (κ2) is 8.29. The Morgan fingerprint density at radius 2 is 1.93 bits per heavy atom. The molecule has 2 aliphatic rings. The lowest BCUT2D eigenvalue weighted by atomic mass is 10.1. The Morgan fingerprint density at radius 3 is 2.57 bits per heavy atom. The smallest absolute Gasteiger partial charge is 0.271 e. The highest BCUT2D eigenvalue weighted by Gasteiger charge is 2.36. The molecule has 1 saturated carbocycles. The molecule has 9 heteroatoms. The van der Waals surface area contributed by atoms with E-state index in [0.29, 0.717) is 42.5 Å². The van der Waals surface area contributed by atoms with Crippen LogP contribution >= 0.6 is 0 Å². The van der Waals surface area contributed by atoms with Crippen LogP contribution in [0.2, 0.25) is 0 Å². The van der Waals surface area contributed by atoms with E-state index >= 15 is 0 Å². The van der Waals surface area contributed by atoms with Crippen LogP contribution in [0.5, 0.6) is 11.5 Å². The maximum Gasteiger partial charge on any atom is 0.271 e. The number of hydrogen-bond donors (Lipinski definition) is 1. The van der Waals surface area contributed by atoms with E-state index in [9.17, 15) is 13.2 Å². The van der Waals surface area contributed by atoms with Crippen LogP contribution in [0.25, 0.3) is 0 Å². The molecule has 1 N–H and O–H groups in total. The first kappa shape index (κ1) is 20.7. The molecule has 4 rings (SSSR count). The van der Waals surface area contributed by atoms with Crippen molar-refractivity contribution in [1.29, 1.82) is 0 Å². The summed E-state index contributed by atoms with van der Waals surface area (Å²) < 4.78 is 36.1. The molecule has 1 aromatic heterocycles. The fraction of sp³-hybridized carbons (Fsp3) is 0.524. The van der Waals surface area contributed by atoms with Crippen LogP contribution in [0.3, 0.4) is 0 Å². The minimum atomic E-state index is -3.01. The summed E-state index contributed by atoms with van der Waals surface area (Å²) in [5.41, 5.74) is 2.36. The Bertz CT molecular complexity index is 1040. The lowest BCUT2D eigenvalue weighted by Gasteiger charge is -2.12. The number of sulfone groups is 1. The van der Waals surface area contributed by atoms with Crippen molar-refractivity contribution in [3.05, 3.63) is 41.2 Å². The van der Waals surface area contributed by atoms with Gasteiger partial charge in [-0.3, -0.25) is 9.48 Å². The molecule has 1 atom stereocenters. The molecule has 8 nitrogen and oxygen atoms in total. The normalized spacial score (nSPS) is 20.1. The zero-order valence-electron chi connectivity index (χ0n) is 17.3. The van der Waals surface area contributed by atoms with Crippen molar-refractivity contribution in [2.45, 2.75) is 37.6 Å². The molecule has 0 bridgehead atoms. The lowest BCUT2D eigenvalue weighted by molar-refractivity contribution is 0.0948. The molecule has 1 aliphatic heterocycles. The lowest BCUT2D eigenvalue weighted by Crippen LogP contribution is -2.26. The summed E-state index contributed by atoms with van der Waals surface area (Å²) in [6.45, 7) is 0.456. The van der Waals surface area contributed by atoms with Crippen molar-refractivity contribution >= 4 is 15.7 Å². The van der Waals surface area contributed by atoms with Gasteiger partial charge in [0.25, 0.3) is 5.91 Å². The number of methoxy groups -OCH3 is 2. The standard InChI is InChI=1S/C21H27N3O5S/c1-28-19-6-3-14(11-20(19)29-2)7-9-22-21(25)17-12-18(15-4-5-15)24(23-17)16-8-10-30(26,27)13-16/h3,6,11-12,15-16H,4-5,7-10,13H2,1-2H3,(H,22,25). The van der Waals surface area contributed by atoms with E-state index in [4.69, 9.17) is 9.47 Å². The van der Waals surface area contributed by atoms with Gasteiger partial charge in [-0.15, -0.1) is 0 Å².